The van der Waals surface area contributed by atoms with E-state index >= 15 is 0 Å². The molecular weight excluding hydrogens is 621 g/mol. The number of hydrogen-bond donors (Lipinski definition) is 1. The number of hydrogen-bond acceptors (Lipinski definition) is 5. The second-order valence-electron chi connectivity index (χ2n) is 7.26. The number of halogens is 4. The van der Waals surface area contributed by atoms with E-state index in [4.69, 9.17) is 32.7 Å². The molecule has 0 atom stereocenters. The number of amides is 1. The van der Waals surface area contributed by atoms with Crippen molar-refractivity contribution in [1.29, 1.82) is 0 Å². The largest absolute Gasteiger partial charge is 0.487 e. The Morgan fingerprint density at radius 3 is 2.54 bits per heavy atom. The number of nitrogens with zero attached hydrogens (tertiary/aromatic N) is 2. The van der Waals surface area contributed by atoms with Gasteiger partial charge in [-0.25, -0.2) is 5.43 Å². The molecule has 0 aliphatic heterocycles. The minimum Gasteiger partial charge on any atom is -0.487 e. The highest BCUT2D eigenvalue weighted by molar-refractivity contribution is 9.11. The van der Waals surface area contributed by atoms with Gasteiger partial charge in [0.15, 0.2) is 6.61 Å². The number of rotatable bonds is 8. The molecule has 4 rings (SSSR count). The summed E-state index contributed by atoms with van der Waals surface area (Å²) in [5, 5.41) is 5.91. The molecule has 0 saturated carbocycles. The average molecular weight is 638 g/mol. The van der Waals surface area contributed by atoms with E-state index in [-0.39, 0.29) is 6.61 Å². The highest BCUT2D eigenvalue weighted by Gasteiger charge is 2.10. The lowest BCUT2D eigenvalue weighted by molar-refractivity contribution is -0.123. The van der Waals surface area contributed by atoms with Crippen LogP contribution in [-0.4, -0.2) is 23.7 Å². The number of pyridine rings is 1. The van der Waals surface area contributed by atoms with Crippen LogP contribution < -0.4 is 14.9 Å². The third-order valence-corrected chi connectivity index (χ3v) is 6.66. The van der Waals surface area contributed by atoms with Gasteiger partial charge in [0.1, 0.15) is 23.6 Å². The minimum absolute atomic E-state index is 0.193. The molecule has 10 heteroatoms. The van der Waals surface area contributed by atoms with E-state index in [0.29, 0.717) is 42.6 Å². The zero-order chi connectivity index (χ0) is 24.8. The van der Waals surface area contributed by atoms with E-state index in [1.54, 1.807) is 24.4 Å². The van der Waals surface area contributed by atoms with Gasteiger partial charge in [0.05, 0.1) is 25.2 Å². The smallest absolute Gasteiger partial charge is 0.277 e. The van der Waals surface area contributed by atoms with E-state index < -0.39 is 5.91 Å². The van der Waals surface area contributed by atoms with Crippen LogP contribution in [0.2, 0.25) is 10.0 Å². The third kappa shape index (κ3) is 6.73. The van der Waals surface area contributed by atoms with Crippen LogP contribution in [0.5, 0.6) is 11.5 Å². The maximum absolute atomic E-state index is 12.2. The summed E-state index contributed by atoms with van der Waals surface area (Å²) in [6, 6.07) is 18.3. The monoisotopic (exact) mass is 635 g/mol. The summed E-state index contributed by atoms with van der Waals surface area (Å²) in [5.41, 5.74) is 4.78. The summed E-state index contributed by atoms with van der Waals surface area (Å²) in [6.07, 6.45) is 3.20. The van der Waals surface area contributed by atoms with E-state index in [1.807, 2.05) is 42.5 Å². The van der Waals surface area contributed by atoms with Crippen molar-refractivity contribution in [3.8, 4) is 11.5 Å². The summed E-state index contributed by atoms with van der Waals surface area (Å²) in [7, 11) is 0. The number of benzene rings is 3. The molecule has 3 aromatic carbocycles. The molecule has 0 fully saturated rings. The van der Waals surface area contributed by atoms with Crippen LogP contribution in [0.15, 0.2) is 80.9 Å². The Labute approximate surface area is 228 Å². The fourth-order valence-corrected chi connectivity index (χ4v) is 4.90. The summed E-state index contributed by atoms with van der Waals surface area (Å²) in [5.74, 6) is 0.759. The predicted molar refractivity (Wildman–Crippen MR) is 146 cm³/mol. The first-order valence-corrected chi connectivity index (χ1v) is 12.6. The van der Waals surface area contributed by atoms with Gasteiger partial charge in [0.2, 0.25) is 0 Å². The maximum Gasteiger partial charge on any atom is 0.277 e. The topological polar surface area (TPSA) is 72.8 Å². The Morgan fingerprint density at radius 1 is 1.00 bits per heavy atom. The number of para-hydroxylation sites is 1. The zero-order valence-corrected chi connectivity index (χ0v) is 22.7. The Balaban J connectivity index is 1.33. The van der Waals surface area contributed by atoms with Crippen molar-refractivity contribution in [3.63, 3.8) is 0 Å². The van der Waals surface area contributed by atoms with Gasteiger partial charge in [-0.1, -0.05) is 47.5 Å². The molecule has 4 aromatic rings. The quantitative estimate of drug-likeness (QED) is 0.164. The van der Waals surface area contributed by atoms with E-state index in [2.05, 4.69) is 47.4 Å². The first-order valence-electron chi connectivity index (χ1n) is 10.2. The van der Waals surface area contributed by atoms with E-state index in [9.17, 15) is 4.79 Å². The molecule has 178 valence electrons. The summed E-state index contributed by atoms with van der Waals surface area (Å²) in [6.45, 7) is 0.117. The summed E-state index contributed by atoms with van der Waals surface area (Å²) >= 11 is 19.0. The van der Waals surface area contributed by atoms with Crippen LogP contribution in [-0.2, 0) is 11.4 Å². The lowest BCUT2D eigenvalue weighted by Crippen LogP contribution is -2.24. The average Bonchev–Trinajstić information content (AvgIpc) is 2.84. The van der Waals surface area contributed by atoms with Gasteiger partial charge in [0.25, 0.3) is 5.91 Å². The Kier molecular flexibility index (Phi) is 8.62. The highest BCUT2D eigenvalue weighted by atomic mass is 79.9. The number of carbonyl (C=O) groups excluding carboxylic acids is 1. The molecule has 0 bridgehead atoms. The van der Waals surface area contributed by atoms with Crippen molar-refractivity contribution in [3.05, 3.63) is 97.0 Å². The third-order valence-electron chi connectivity index (χ3n) is 4.75. The van der Waals surface area contributed by atoms with Gasteiger partial charge >= 0.3 is 0 Å². The van der Waals surface area contributed by atoms with Crippen LogP contribution in [0.1, 0.15) is 11.1 Å². The fourth-order valence-electron chi connectivity index (χ4n) is 3.12. The van der Waals surface area contributed by atoms with Crippen molar-refractivity contribution >= 4 is 78.1 Å². The molecule has 1 heterocycles. The second-order valence-corrected chi connectivity index (χ2v) is 9.79. The Morgan fingerprint density at radius 2 is 1.77 bits per heavy atom. The summed E-state index contributed by atoms with van der Waals surface area (Å²) < 4.78 is 13.0. The van der Waals surface area contributed by atoms with Crippen molar-refractivity contribution in [2.75, 3.05) is 6.61 Å². The molecule has 0 radical (unpaired) electrons. The molecular formula is C25H17Br2Cl2N3O3. The van der Waals surface area contributed by atoms with Crippen LogP contribution in [0.4, 0.5) is 0 Å². The molecule has 0 saturated heterocycles. The van der Waals surface area contributed by atoms with Gasteiger partial charge < -0.3 is 9.47 Å². The highest BCUT2D eigenvalue weighted by Crippen LogP contribution is 2.35. The number of carbonyl (C=O) groups is 1. The summed E-state index contributed by atoms with van der Waals surface area (Å²) in [4.78, 5) is 16.5. The van der Waals surface area contributed by atoms with Crippen LogP contribution in [0.25, 0.3) is 10.9 Å². The standard InChI is InChI=1S/C25H17Br2Cl2N3O3/c26-18-9-16(10-19(27)25(18)35-13-15-6-7-20(28)21(29)11-15)12-31-32-23(33)14-34-22-5-1-3-17-4-2-8-30-24(17)22/h1-12H,13-14H2,(H,32,33)/b31-12+. The van der Waals surface area contributed by atoms with Gasteiger partial charge in [-0.3, -0.25) is 9.78 Å². The molecule has 6 nitrogen and oxygen atoms in total. The predicted octanol–water partition coefficient (Wildman–Crippen LogP) is 7.17. The molecule has 0 aliphatic rings. The zero-order valence-electron chi connectivity index (χ0n) is 18.0. The van der Waals surface area contributed by atoms with Crippen molar-refractivity contribution in [2.24, 2.45) is 5.10 Å². The molecule has 35 heavy (non-hydrogen) atoms. The Hall–Kier alpha value is -2.65. The normalized spacial score (nSPS) is 11.1. The van der Waals surface area contributed by atoms with Gasteiger partial charge in [0, 0.05) is 11.6 Å². The molecule has 0 spiro atoms. The van der Waals surface area contributed by atoms with Gasteiger partial charge in [-0.15, -0.1) is 0 Å². The van der Waals surface area contributed by atoms with Gasteiger partial charge in [-0.05, 0) is 79.4 Å². The van der Waals surface area contributed by atoms with E-state index in [0.717, 1.165) is 16.5 Å². The molecule has 1 amide bonds. The molecule has 0 aliphatic carbocycles. The van der Waals surface area contributed by atoms with Crippen LogP contribution in [0, 0.1) is 0 Å². The SMILES string of the molecule is O=C(COc1cccc2cccnc12)N/N=C/c1cc(Br)c(OCc2ccc(Cl)c(Cl)c2)c(Br)c1. The maximum atomic E-state index is 12.2. The number of fused-ring (bicyclic) bond motifs is 1. The number of hydrazone groups is 1. The van der Waals surface area contributed by atoms with Crippen molar-refractivity contribution < 1.29 is 14.3 Å². The lowest BCUT2D eigenvalue weighted by Gasteiger charge is -2.12. The number of aromatic nitrogens is 1. The molecule has 0 unspecified atom stereocenters. The van der Waals surface area contributed by atoms with E-state index in [1.165, 1.54) is 6.21 Å². The molecule has 1 N–H and O–H groups in total. The second kappa shape index (κ2) is 11.9. The Bertz CT molecular complexity index is 1390. The minimum atomic E-state index is -0.395. The molecule has 1 aromatic heterocycles. The van der Waals surface area contributed by atoms with Crippen molar-refractivity contribution in [2.45, 2.75) is 6.61 Å². The lowest BCUT2D eigenvalue weighted by atomic mass is 10.2. The van der Waals surface area contributed by atoms with Crippen LogP contribution in [0.3, 0.4) is 0 Å². The van der Waals surface area contributed by atoms with Crippen LogP contribution >= 0.6 is 55.1 Å². The first kappa shape index (κ1) is 25.4. The van der Waals surface area contributed by atoms with Crippen molar-refractivity contribution in [1.82, 2.24) is 10.4 Å². The fraction of sp³-hybridized carbons (Fsp3) is 0.0800. The number of nitrogens with one attached hydrogen (secondary N) is 1. The van der Waals surface area contributed by atoms with Gasteiger partial charge in [-0.2, -0.15) is 5.10 Å². The number of ether oxygens (including phenoxy) is 2. The first-order chi connectivity index (χ1) is 16.9.